The van der Waals surface area contributed by atoms with Gasteiger partial charge < -0.3 is 34.1 Å². The summed E-state index contributed by atoms with van der Waals surface area (Å²) in [7, 11) is 0. The largest absolute Gasteiger partial charge is 0.378 e. The number of amides is 2. The van der Waals surface area contributed by atoms with Gasteiger partial charge in [0.2, 0.25) is 5.95 Å². The van der Waals surface area contributed by atoms with E-state index in [1.54, 1.807) is 0 Å². The first-order chi connectivity index (χ1) is 18.6. The van der Waals surface area contributed by atoms with Gasteiger partial charge in [0.05, 0.1) is 32.2 Å². The molecule has 2 amide bonds. The van der Waals surface area contributed by atoms with Crippen molar-refractivity contribution in [3.05, 3.63) is 41.7 Å². The normalized spacial score (nSPS) is 20.3. The van der Waals surface area contributed by atoms with Crippen LogP contribution in [-0.4, -0.2) is 107 Å². The van der Waals surface area contributed by atoms with E-state index in [0.717, 1.165) is 36.4 Å². The number of aromatic nitrogens is 4. The van der Waals surface area contributed by atoms with Gasteiger partial charge in [-0.3, -0.25) is 0 Å². The lowest BCUT2D eigenvalue weighted by Gasteiger charge is -2.38. The predicted octanol–water partition coefficient (Wildman–Crippen LogP) is 2.35. The fourth-order valence-electron chi connectivity index (χ4n) is 5.39. The topological polar surface area (TPSA) is 101 Å². The number of nitrogens with zero attached hydrogens (tertiary/aromatic N) is 7. The summed E-state index contributed by atoms with van der Waals surface area (Å²) in [5, 5.41) is 3.50. The van der Waals surface area contributed by atoms with Crippen molar-refractivity contribution >= 4 is 29.0 Å². The number of carbonyl (C=O) groups is 1. The molecule has 3 saturated heterocycles. The number of ether oxygens (including phenoxy) is 2. The second kappa shape index (κ2) is 11.1. The number of rotatable bonds is 6. The molecule has 1 unspecified atom stereocenters. The zero-order chi connectivity index (χ0) is 25.9. The number of urea groups is 1. The molecule has 5 heterocycles. The number of morpholine rings is 1. The number of piperazine rings is 1. The Bertz CT molecular complexity index is 1260. The molecule has 38 heavy (non-hydrogen) atoms. The Morgan fingerprint density at radius 3 is 2.63 bits per heavy atom. The molecule has 0 bridgehead atoms. The van der Waals surface area contributed by atoms with E-state index in [1.807, 2.05) is 16.1 Å². The van der Waals surface area contributed by atoms with Crippen molar-refractivity contribution in [1.29, 1.82) is 0 Å². The Balaban J connectivity index is 1.23. The molecule has 0 saturated carbocycles. The number of hydrogen-bond acceptors (Lipinski definition) is 8. The summed E-state index contributed by atoms with van der Waals surface area (Å²) in [6.45, 7) is 9.46. The first-order valence-corrected chi connectivity index (χ1v) is 13.6. The summed E-state index contributed by atoms with van der Waals surface area (Å²) >= 11 is 0. The minimum absolute atomic E-state index is 0.0967. The maximum Gasteiger partial charge on any atom is 0.320 e. The lowest BCUT2D eigenvalue weighted by atomic mass is 10.1. The summed E-state index contributed by atoms with van der Waals surface area (Å²) in [6, 6.07) is 8.60. The summed E-state index contributed by atoms with van der Waals surface area (Å²) < 4.78 is 13.3. The van der Waals surface area contributed by atoms with E-state index in [-0.39, 0.29) is 12.1 Å². The highest BCUT2D eigenvalue weighted by Crippen LogP contribution is 2.25. The van der Waals surface area contributed by atoms with Crippen LogP contribution in [0.15, 0.2) is 30.6 Å². The Kier molecular flexibility index (Phi) is 7.28. The van der Waals surface area contributed by atoms with Gasteiger partial charge in [-0.05, 0) is 25.3 Å². The first-order valence-electron chi connectivity index (χ1n) is 13.6. The maximum atomic E-state index is 13.0. The third-order valence-corrected chi connectivity index (χ3v) is 7.52. The first kappa shape index (κ1) is 24.9. The van der Waals surface area contributed by atoms with Crippen LogP contribution in [0.2, 0.25) is 0 Å². The van der Waals surface area contributed by atoms with Crippen molar-refractivity contribution in [2.45, 2.75) is 32.4 Å². The lowest BCUT2D eigenvalue weighted by Crippen LogP contribution is -2.55. The van der Waals surface area contributed by atoms with Crippen LogP contribution in [0.1, 0.15) is 24.0 Å². The van der Waals surface area contributed by atoms with Gasteiger partial charge in [0.1, 0.15) is 0 Å². The fourth-order valence-corrected chi connectivity index (χ4v) is 5.39. The van der Waals surface area contributed by atoms with Gasteiger partial charge in [-0.1, -0.05) is 29.8 Å². The van der Waals surface area contributed by atoms with Gasteiger partial charge >= 0.3 is 6.03 Å². The van der Waals surface area contributed by atoms with Gasteiger partial charge in [0.25, 0.3) is 0 Å². The molecule has 202 valence electrons. The van der Waals surface area contributed by atoms with E-state index >= 15 is 0 Å². The highest BCUT2D eigenvalue weighted by atomic mass is 16.5. The summed E-state index contributed by atoms with van der Waals surface area (Å²) in [6.07, 6.45) is 4.18. The molecule has 11 heteroatoms. The van der Waals surface area contributed by atoms with Crippen LogP contribution < -0.4 is 10.2 Å². The van der Waals surface area contributed by atoms with Gasteiger partial charge in [0, 0.05) is 52.4 Å². The van der Waals surface area contributed by atoms with Crippen molar-refractivity contribution in [2.75, 3.05) is 75.9 Å². The van der Waals surface area contributed by atoms with Gasteiger partial charge in [0.15, 0.2) is 17.0 Å². The van der Waals surface area contributed by atoms with Crippen LogP contribution in [0.5, 0.6) is 0 Å². The summed E-state index contributed by atoms with van der Waals surface area (Å²) in [5.41, 5.74) is 4.00. The zero-order valence-corrected chi connectivity index (χ0v) is 22.0. The minimum atomic E-state index is 0.0967. The molecule has 0 radical (unpaired) electrons. The highest BCUT2D eigenvalue weighted by Gasteiger charge is 2.28. The molecule has 3 aliphatic heterocycles. The van der Waals surface area contributed by atoms with Crippen LogP contribution in [0.4, 0.5) is 16.6 Å². The van der Waals surface area contributed by atoms with Crippen LogP contribution in [-0.2, 0) is 16.0 Å². The third-order valence-electron chi connectivity index (χ3n) is 7.52. The Morgan fingerprint density at radius 1 is 1.05 bits per heavy atom. The number of nitrogens with one attached hydrogen (secondary N) is 1. The van der Waals surface area contributed by atoms with Gasteiger partial charge in [-0.15, -0.1) is 0 Å². The Hall–Kier alpha value is -3.44. The van der Waals surface area contributed by atoms with Gasteiger partial charge in [-0.2, -0.15) is 9.97 Å². The number of imidazole rings is 1. The average Bonchev–Trinajstić information content (AvgIpc) is 3.62. The number of benzene rings is 1. The number of anilines is 2. The van der Waals surface area contributed by atoms with E-state index in [1.165, 1.54) is 11.1 Å². The lowest BCUT2D eigenvalue weighted by molar-refractivity contribution is 0.0428. The molecule has 1 aromatic carbocycles. The highest BCUT2D eigenvalue weighted by molar-refractivity contribution is 5.84. The Morgan fingerprint density at radius 2 is 1.87 bits per heavy atom. The molecule has 1 N–H and O–H groups in total. The third kappa shape index (κ3) is 5.39. The second-order valence-corrected chi connectivity index (χ2v) is 10.3. The quantitative estimate of drug-likeness (QED) is 0.529. The van der Waals surface area contributed by atoms with Crippen molar-refractivity contribution in [3.63, 3.8) is 0 Å². The number of carbonyl (C=O) groups excluding carboxylic acids is 1. The monoisotopic (exact) mass is 520 g/mol. The van der Waals surface area contributed by atoms with Crippen LogP contribution >= 0.6 is 0 Å². The molecule has 6 rings (SSSR count). The molecule has 3 aromatic rings. The van der Waals surface area contributed by atoms with Gasteiger partial charge in [-0.25, -0.2) is 9.78 Å². The second-order valence-electron chi connectivity index (χ2n) is 10.3. The smallest absolute Gasteiger partial charge is 0.320 e. The fraction of sp³-hybridized carbons (Fsp3) is 0.556. The van der Waals surface area contributed by atoms with E-state index in [9.17, 15) is 4.79 Å². The molecule has 3 fully saturated rings. The van der Waals surface area contributed by atoms with E-state index < -0.39 is 0 Å². The molecular formula is C27H36N8O3. The summed E-state index contributed by atoms with van der Waals surface area (Å²) in [5.74, 6) is 1.40. The molecule has 0 spiro atoms. The maximum absolute atomic E-state index is 13.0. The van der Waals surface area contributed by atoms with Crippen molar-refractivity contribution in [3.8, 4) is 0 Å². The summed E-state index contributed by atoms with van der Waals surface area (Å²) in [4.78, 5) is 33.6. The number of aryl methyl sites for hydroxylation is 1. The average molecular weight is 521 g/mol. The number of hydrogen-bond donors (Lipinski definition) is 1. The Labute approximate surface area is 222 Å². The van der Waals surface area contributed by atoms with E-state index in [0.29, 0.717) is 71.5 Å². The predicted molar refractivity (Wildman–Crippen MR) is 145 cm³/mol. The standard InChI is InChI=1S/C27H36N8O3/c1-20-4-2-5-21(16-20)18-35-19-29-23-24(28-17-22-6-3-13-38-22)30-26(31-25(23)35)32-7-9-33(10-8-32)27(36)34-11-14-37-15-12-34/h2,4-5,16,19,22H,3,6-15,17-18H2,1H3,(H,28,30,31). The van der Waals surface area contributed by atoms with Crippen molar-refractivity contribution in [1.82, 2.24) is 29.3 Å². The van der Waals surface area contributed by atoms with Crippen LogP contribution in [0.3, 0.4) is 0 Å². The molecule has 11 nitrogen and oxygen atoms in total. The van der Waals surface area contributed by atoms with E-state index in [4.69, 9.17) is 24.4 Å². The molecule has 0 aliphatic carbocycles. The molecule has 1 atom stereocenters. The van der Waals surface area contributed by atoms with Crippen LogP contribution in [0.25, 0.3) is 11.2 Å². The van der Waals surface area contributed by atoms with E-state index in [2.05, 4.69) is 46.0 Å². The van der Waals surface area contributed by atoms with Crippen molar-refractivity contribution < 1.29 is 14.3 Å². The SMILES string of the molecule is Cc1cccc(Cn2cnc3c(NCC4CCCO4)nc(N4CCN(C(=O)N5CCOCC5)CC4)nc32)c1. The molecular weight excluding hydrogens is 484 g/mol. The molecule has 3 aliphatic rings. The zero-order valence-electron chi connectivity index (χ0n) is 22.0. The molecule has 2 aromatic heterocycles. The number of fused-ring (bicyclic) bond motifs is 1. The van der Waals surface area contributed by atoms with Crippen molar-refractivity contribution in [2.24, 2.45) is 0 Å². The van der Waals surface area contributed by atoms with Crippen LogP contribution in [0, 0.1) is 6.92 Å². The minimum Gasteiger partial charge on any atom is -0.378 e.